The van der Waals surface area contributed by atoms with Crippen molar-refractivity contribution in [1.82, 2.24) is 0 Å². The fraction of sp³-hybridized carbons (Fsp3) is 0.250. The number of aromatic hydroxyl groups is 8. The number of rotatable bonds is 6. The van der Waals surface area contributed by atoms with Gasteiger partial charge in [-0.1, -0.05) is 12.1 Å². The highest BCUT2D eigenvalue weighted by atomic mass is 16.7. The van der Waals surface area contributed by atoms with Crippen LogP contribution in [-0.2, 0) is 4.74 Å². The molecule has 0 amide bonds. The predicted octanol–water partition coefficient (Wildman–Crippen LogP) is 1.83. The molecule has 8 unspecified atom stereocenters. The Morgan fingerprint density at radius 3 is 1.96 bits per heavy atom. The van der Waals surface area contributed by atoms with Gasteiger partial charge in [0.25, 0.3) is 0 Å². The molecule has 278 valence electrons. The van der Waals surface area contributed by atoms with Gasteiger partial charge in [-0.05, 0) is 17.7 Å². The number of hydrogen-bond donors (Lipinski definition) is 13. The van der Waals surface area contributed by atoms with Gasteiger partial charge in [-0.25, -0.2) is 4.42 Å². The Labute approximate surface area is 297 Å². The van der Waals surface area contributed by atoms with Crippen LogP contribution in [0.2, 0.25) is 0 Å². The molecule has 2 aliphatic rings. The number of benzene rings is 4. The second-order valence-electron chi connectivity index (χ2n) is 12.7. The fourth-order valence-electron chi connectivity index (χ4n) is 6.68. The zero-order valence-electron chi connectivity index (χ0n) is 27.0. The molecule has 7 rings (SSSR count). The quantitative estimate of drug-likeness (QED) is 0.0873. The Bertz CT molecular complexity index is 2180. The molecule has 1 fully saturated rings. The molecule has 4 aromatic carbocycles. The van der Waals surface area contributed by atoms with Gasteiger partial charge in [0.15, 0.2) is 23.4 Å². The summed E-state index contributed by atoms with van der Waals surface area (Å²) in [7, 11) is 0. The van der Waals surface area contributed by atoms with Crippen molar-refractivity contribution >= 4 is 11.0 Å². The third kappa shape index (κ3) is 6.00. The molecule has 0 spiro atoms. The van der Waals surface area contributed by atoms with Crippen molar-refractivity contribution in [2.45, 2.75) is 48.8 Å². The zero-order chi connectivity index (χ0) is 38.0. The van der Waals surface area contributed by atoms with Gasteiger partial charge in [0, 0.05) is 42.0 Å². The maximum Gasteiger partial charge on any atom is 0.402 e. The van der Waals surface area contributed by atoms with Crippen molar-refractivity contribution in [3.8, 4) is 68.8 Å². The van der Waals surface area contributed by atoms with Crippen molar-refractivity contribution in [1.29, 1.82) is 0 Å². The Morgan fingerprint density at radius 1 is 0.642 bits per heavy atom. The summed E-state index contributed by atoms with van der Waals surface area (Å²) in [5, 5.41) is 138. The summed E-state index contributed by atoms with van der Waals surface area (Å²) in [4.78, 5) is 0. The summed E-state index contributed by atoms with van der Waals surface area (Å²) in [5.74, 6) is -7.35. The van der Waals surface area contributed by atoms with Crippen molar-refractivity contribution in [3.63, 3.8) is 0 Å². The molecule has 0 bridgehead atoms. The average molecular weight is 738 g/mol. The lowest BCUT2D eigenvalue weighted by Crippen LogP contribution is -2.60. The first-order valence-corrected chi connectivity index (χ1v) is 16.0. The second-order valence-corrected chi connectivity index (χ2v) is 12.7. The molecule has 0 radical (unpaired) electrons. The van der Waals surface area contributed by atoms with E-state index in [0.29, 0.717) is 5.56 Å². The first-order valence-electron chi connectivity index (χ1n) is 16.0. The lowest BCUT2D eigenvalue weighted by atomic mass is 9.78. The second kappa shape index (κ2) is 13.2. The van der Waals surface area contributed by atoms with Gasteiger partial charge in [0.1, 0.15) is 76.0 Å². The highest BCUT2D eigenvalue weighted by molar-refractivity contribution is 5.92. The molecule has 53 heavy (non-hydrogen) atoms. The van der Waals surface area contributed by atoms with Gasteiger partial charge in [0.2, 0.25) is 12.0 Å². The molecular weight excluding hydrogens is 704 g/mol. The number of phenolic OH excluding ortho intramolecular Hbond substituents is 8. The van der Waals surface area contributed by atoms with Crippen LogP contribution in [0.15, 0.2) is 65.1 Å². The van der Waals surface area contributed by atoms with Gasteiger partial charge in [-0.15, -0.1) is 0 Å². The third-order valence-electron chi connectivity index (χ3n) is 9.30. The van der Waals surface area contributed by atoms with E-state index in [0.717, 1.165) is 36.4 Å². The molecule has 17 heteroatoms. The molecule has 3 heterocycles. The monoisotopic (exact) mass is 737 g/mol. The normalized spacial score (nSPS) is 25.5. The molecule has 5 aromatic rings. The topological polar surface area (TPSA) is 302 Å². The number of phenols is 8. The first-order chi connectivity index (χ1) is 25.2. The van der Waals surface area contributed by atoms with E-state index in [1.54, 1.807) is 0 Å². The summed E-state index contributed by atoms with van der Waals surface area (Å²) in [6, 6.07) is 11.6. The standard InChI is InChI=1S/C36H32O17/c37-11-24-29(46)31(48)32(49)36(52-24)51-23-9-16-17(40)10-19(42)26(35(16)53-33(23)13-5-20(43)28(45)21(44)6-13)27-25-18(41)7-15(39)8-22(25)50-34(30(27)47)12-1-3-14(38)4-2-12/h1-10,24,27,29-32,34,36-37,46-49H,11H2,(H7-,38,39,40,41,42,43,44,45)/p+1. The Balaban J connectivity index is 1.48. The van der Waals surface area contributed by atoms with E-state index in [2.05, 4.69) is 0 Å². The van der Waals surface area contributed by atoms with E-state index >= 15 is 0 Å². The predicted molar refractivity (Wildman–Crippen MR) is 178 cm³/mol. The van der Waals surface area contributed by atoms with Crippen LogP contribution in [0.1, 0.15) is 28.7 Å². The minimum atomic E-state index is -1.92. The van der Waals surface area contributed by atoms with Crippen LogP contribution < -0.4 is 9.47 Å². The smallest absolute Gasteiger partial charge is 0.402 e. The summed E-state index contributed by atoms with van der Waals surface area (Å²) >= 11 is 0. The Morgan fingerprint density at radius 2 is 1.30 bits per heavy atom. The average Bonchev–Trinajstić information content (AvgIpc) is 3.11. The molecule has 17 nitrogen and oxygen atoms in total. The molecule has 2 aliphatic heterocycles. The molecular formula is C36H33O17+. The van der Waals surface area contributed by atoms with Crippen LogP contribution in [0.5, 0.6) is 57.5 Å². The van der Waals surface area contributed by atoms with Crippen LogP contribution >= 0.6 is 0 Å². The summed E-state index contributed by atoms with van der Waals surface area (Å²) in [5.41, 5.74) is -0.632. The molecule has 0 aliphatic carbocycles. The molecule has 1 saturated heterocycles. The minimum Gasteiger partial charge on any atom is -0.508 e. The fourth-order valence-corrected chi connectivity index (χ4v) is 6.68. The van der Waals surface area contributed by atoms with Crippen molar-refractivity contribution in [2.24, 2.45) is 0 Å². The number of ether oxygens (including phenoxy) is 3. The van der Waals surface area contributed by atoms with Gasteiger partial charge < -0.3 is 80.6 Å². The van der Waals surface area contributed by atoms with Crippen LogP contribution in [-0.4, -0.2) is 110 Å². The Kier molecular flexibility index (Phi) is 8.85. The lowest BCUT2D eigenvalue weighted by molar-refractivity contribution is -0.277. The zero-order valence-corrected chi connectivity index (χ0v) is 27.0. The Hall–Kier alpha value is -5.95. The van der Waals surface area contributed by atoms with E-state index in [9.17, 15) is 66.4 Å². The molecule has 1 aromatic heterocycles. The number of aliphatic hydroxyl groups excluding tert-OH is 5. The summed E-state index contributed by atoms with van der Waals surface area (Å²) in [6.07, 6.45) is -11.7. The van der Waals surface area contributed by atoms with Gasteiger partial charge >= 0.3 is 11.3 Å². The molecule has 0 saturated carbocycles. The first kappa shape index (κ1) is 35.5. The lowest BCUT2D eigenvalue weighted by Gasteiger charge is -2.39. The van der Waals surface area contributed by atoms with E-state index in [-0.39, 0.29) is 39.2 Å². The maximum absolute atomic E-state index is 12.0. The van der Waals surface area contributed by atoms with Crippen molar-refractivity contribution in [3.05, 3.63) is 77.4 Å². The van der Waals surface area contributed by atoms with E-state index < -0.39 is 107 Å². The van der Waals surface area contributed by atoms with Crippen LogP contribution in [0.4, 0.5) is 0 Å². The van der Waals surface area contributed by atoms with Gasteiger partial charge in [-0.2, -0.15) is 0 Å². The highest BCUT2D eigenvalue weighted by Gasteiger charge is 2.48. The summed E-state index contributed by atoms with van der Waals surface area (Å²) < 4.78 is 23.7. The number of hydrogen-bond acceptors (Lipinski definition) is 16. The number of fused-ring (bicyclic) bond motifs is 2. The third-order valence-corrected chi connectivity index (χ3v) is 9.30. The van der Waals surface area contributed by atoms with E-state index in [1.807, 2.05) is 0 Å². The van der Waals surface area contributed by atoms with E-state index in [4.69, 9.17) is 18.6 Å². The molecule has 8 atom stereocenters. The van der Waals surface area contributed by atoms with Gasteiger partial charge in [0.05, 0.1) is 18.1 Å². The summed E-state index contributed by atoms with van der Waals surface area (Å²) in [6.45, 7) is -0.798. The van der Waals surface area contributed by atoms with Crippen LogP contribution in [0, 0.1) is 0 Å². The molecule has 13 N–H and O–H groups in total. The number of aliphatic hydroxyl groups is 5. The van der Waals surface area contributed by atoms with Crippen molar-refractivity contribution < 1.29 is 85.0 Å². The van der Waals surface area contributed by atoms with Crippen LogP contribution in [0.3, 0.4) is 0 Å². The van der Waals surface area contributed by atoms with Gasteiger partial charge in [-0.3, -0.25) is 0 Å². The minimum absolute atomic E-state index is 0.0900. The highest BCUT2D eigenvalue weighted by Crippen LogP contribution is 2.55. The van der Waals surface area contributed by atoms with E-state index in [1.165, 1.54) is 24.3 Å². The van der Waals surface area contributed by atoms with Crippen molar-refractivity contribution in [2.75, 3.05) is 6.61 Å². The largest absolute Gasteiger partial charge is 0.508 e. The SMILES string of the molecule is OCC1OC(Oc2cc3c(O)cc(O)c(C4c5c(O)cc(O)cc5OC(c5ccc(O)cc5)C4O)c3[o+]c2-c2cc(O)c(O)c(O)c2)C(O)C(O)C1O. The van der Waals surface area contributed by atoms with Crippen LogP contribution in [0.25, 0.3) is 22.3 Å². The maximum atomic E-state index is 12.0.